The fourth-order valence-corrected chi connectivity index (χ4v) is 1.19. The zero-order valence-corrected chi connectivity index (χ0v) is 6.63. The Morgan fingerprint density at radius 3 is 3.08 bits per heavy atom. The van der Waals surface area contributed by atoms with E-state index in [9.17, 15) is 0 Å². The second-order valence-electron chi connectivity index (χ2n) is 2.64. The minimum Gasteiger partial charge on any atom is -0.382 e. The first kappa shape index (κ1) is 7.01. The Hall–Kier alpha value is -1.66. The summed E-state index contributed by atoms with van der Waals surface area (Å²) in [6.45, 7) is 3.55. The molecule has 0 spiro atoms. The van der Waals surface area contributed by atoms with Crippen LogP contribution in [0, 0.1) is 0 Å². The lowest BCUT2D eigenvalue weighted by atomic mass is 10.1. The van der Waals surface area contributed by atoms with E-state index >= 15 is 0 Å². The molecule has 0 saturated heterocycles. The van der Waals surface area contributed by atoms with Gasteiger partial charge in [0.1, 0.15) is 0 Å². The van der Waals surface area contributed by atoms with Gasteiger partial charge in [-0.2, -0.15) is 0 Å². The molecule has 60 valence electrons. The van der Waals surface area contributed by atoms with Crippen molar-refractivity contribution >= 4 is 0 Å². The van der Waals surface area contributed by atoms with Crippen LogP contribution >= 0.6 is 0 Å². The standard InChI is InChI=1S/C10H9NO/c1-2-9-7-8-5-3-4-6-10(8)12-11-9/h3-6,11H,1,7H2. The monoisotopic (exact) mass is 159 g/mol. The van der Waals surface area contributed by atoms with Crippen LogP contribution in [0.3, 0.4) is 0 Å². The molecular formula is C10H9NO. The molecule has 1 aromatic rings. The van der Waals surface area contributed by atoms with Crippen molar-refractivity contribution in [2.75, 3.05) is 0 Å². The van der Waals surface area contributed by atoms with Crippen molar-refractivity contribution in [3.05, 3.63) is 47.8 Å². The summed E-state index contributed by atoms with van der Waals surface area (Å²) < 4.78 is 0. The van der Waals surface area contributed by atoms with Crippen molar-refractivity contribution in [3.63, 3.8) is 0 Å². The summed E-state index contributed by atoms with van der Waals surface area (Å²) >= 11 is 0. The second kappa shape index (κ2) is 2.76. The molecule has 1 N–H and O–H groups in total. The minimum absolute atomic E-state index is 0.819. The summed E-state index contributed by atoms with van der Waals surface area (Å²) in [5, 5.41) is 0. The van der Waals surface area contributed by atoms with Gasteiger partial charge in [-0.1, -0.05) is 24.8 Å². The Labute approximate surface area is 71.1 Å². The lowest BCUT2D eigenvalue weighted by Crippen LogP contribution is -2.24. The Morgan fingerprint density at radius 2 is 2.25 bits per heavy atom. The number of benzene rings is 1. The van der Waals surface area contributed by atoms with Crippen LogP contribution in [0.1, 0.15) is 5.56 Å². The van der Waals surface area contributed by atoms with Gasteiger partial charge in [-0.25, -0.2) is 5.48 Å². The maximum atomic E-state index is 5.24. The SMILES string of the molecule is C=C=C1Cc2ccccc2ON1. The molecule has 0 bridgehead atoms. The zero-order valence-electron chi connectivity index (χ0n) is 6.63. The van der Waals surface area contributed by atoms with E-state index in [1.807, 2.05) is 24.3 Å². The molecule has 2 rings (SSSR count). The molecule has 12 heavy (non-hydrogen) atoms. The highest BCUT2D eigenvalue weighted by Gasteiger charge is 2.11. The van der Waals surface area contributed by atoms with Crippen LogP contribution in [0.25, 0.3) is 0 Å². The quantitative estimate of drug-likeness (QED) is 0.583. The molecule has 0 fully saturated rings. The molecule has 2 nitrogen and oxygen atoms in total. The molecule has 2 heteroatoms. The third-order valence-electron chi connectivity index (χ3n) is 1.84. The smallest absolute Gasteiger partial charge is 0.158 e. The fraction of sp³-hybridized carbons (Fsp3) is 0.100. The number of nitrogens with one attached hydrogen (secondary N) is 1. The number of allylic oxidation sites excluding steroid dienone is 1. The van der Waals surface area contributed by atoms with Gasteiger partial charge in [0.25, 0.3) is 0 Å². The third kappa shape index (κ3) is 1.09. The maximum Gasteiger partial charge on any atom is 0.158 e. The largest absolute Gasteiger partial charge is 0.382 e. The van der Waals surface area contributed by atoms with Crippen LogP contribution in [0.15, 0.2) is 42.3 Å². The van der Waals surface area contributed by atoms with E-state index in [1.54, 1.807) is 0 Å². The maximum absolute atomic E-state index is 5.24. The Kier molecular flexibility index (Phi) is 1.61. The van der Waals surface area contributed by atoms with E-state index in [1.165, 1.54) is 5.56 Å². The molecular weight excluding hydrogens is 150 g/mol. The highest BCUT2D eigenvalue weighted by atomic mass is 16.6. The van der Waals surface area contributed by atoms with Gasteiger partial charge in [-0.05, 0) is 6.07 Å². The molecule has 0 aromatic heterocycles. The third-order valence-corrected chi connectivity index (χ3v) is 1.84. The van der Waals surface area contributed by atoms with Gasteiger partial charge < -0.3 is 4.84 Å². The van der Waals surface area contributed by atoms with Gasteiger partial charge >= 0.3 is 0 Å². The number of hydroxylamine groups is 1. The predicted octanol–water partition coefficient (Wildman–Crippen LogP) is 1.79. The normalized spacial score (nSPS) is 13.8. The van der Waals surface area contributed by atoms with Gasteiger partial charge in [0.05, 0.1) is 5.70 Å². The number of fused-ring (bicyclic) bond motifs is 1. The van der Waals surface area contributed by atoms with Crippen LogP contribution in [0.4, 0.5) is 0 Å². The Morgan fingerprint density at radius 1 is 1.42 bits per heavy atom. The molecule has 1 heterocycles. The summed E-state index contributed by atoms with van der Waals surface area (Å²) in [6.07, 6.45) is 0.819. The van der Waals surface area contributed by atoms with Crippen molar-refractivity contribution in [3.8, 4) is 5.75 Å². The van der Waals surface area contributed by atoms with Gasteiger partial charge in [0.2, 0.25) is 0 Å². The zero-order chi connectivity index (χ0) is 8.39. The molecule has 0 radical (unpaired) electrons. The fourth-order valence-electron chi connectivity index (χ4n) is 1.19. The first-order valence-electron chi connectivity index (χ1n) is 3.80. The van der Waals surface area contributed by atoms with Crippen molar-refractivity contribution in [1.29, 1.82) is 0 Å². The highest BCUT2D eigenvalue weighted by molar-refractivity contribution is 5.37. The molecule has 0 unspecified atom stereocenters. The molecule has 1 aromatic carbocycles. The number of rotatable bonds is 0. The summed E-state index contributed by atoms with van der Waals surface area (Å²) in [5.74, 6) is 0.886. The summed E-state index contributed by atoms with van der Waals surface area (Å²) in [5.41, 5.74) is 7.60. The van der Waals surface area contributed by atoms with E-state index in [4.69, 9.17) is 4.84 Å². The molecule has 0 saturated carbocycles. The first-order valence-corrected chi connectivity index (χ1v) is 3.80. The second-order valence-corrected chi connectivity index (χ2v) is 2.64. The van der Waals surface area contributed by atoms with Crippen LogP contribution in [0.2, 0.25) is 0 Å². The topological polar surface area (TPSA) is 21.3 Å². The average molecular weight is 159 g/mol. The number of para-hydroxylation sites is 1. The van der Waals surface area contributed by atoms with Crippen LogP contribution in [-0.4, -0.2) is 0 Å². The molecule has 0 atom stereocenters. The Balaban J connectivity index is 2.41. The van der Waals surface area contributed by atoms with Crippen molar-refractivity contribution < 1.29 is 4.84 Å². The van der Waals surface area contributed by atoms with Gasteiger partial charge in [0.15, 0.2) is 5.75 Å². The van der Waals surface area contributed by atoms with E-state index in [2.05, 4.69) is 17.8 Å². The van der Waals surface area contributed by atoms with Crippen LogP contribution < -0.4 is 10.3 Å². The molecule has 0 aliphatic carbocycles. The average Bonchev–Trinajstić information content (AvgIpc) is 2.17. The number of hydrogen-bond acceptors (Lipinski definition) is 2. The molecule has 1 aliphatic rings. The lowest BCUT2D eigenvalue weighted by molar-refractivity contribution is 0.212. The molecule has 1 aliphatic heterocycles. The van der Waals surface area contributed by atoms with Gasteiger partial charge in [-0.15, -0.1) is 5.73 Å². The summed E-state index contributed by atoms with van der Waals surface area (Å²) in [4.78, 5) is 5.24. The van der Waals surface area contributed by atoms with Crippen molar-refractivity contribution in [2.45, 2.75) is 6.42 Å². The number of hydrogen-bond donors (Lipinski definition) is 1. The highest BCUT2D eigenvalue weighted by Crippen LogP contribution is 2.23. The summed E-state index contributed by atoms with van der Waals surface area (Å²) in [7, 11) is 0. The van der Waals surface area contributed by atoms with E-state index in [0.717, 1.165) is 17.9 Å². The van der Waals surface area contributed by atoms with Crippen molar-refractivity contribution in [1.82, 2.24) is 5.48 Å². The van der Waals surface area contributed by atoms with Crippen molar-refractivity contribution in [2.24, 2.45) is 0 Å². The Bertz CT molecular complexity index is 351. The predicted molar refractivity (Wildman–Crippen MR) is 46.6 cm³/mol. The minimum atomic E-state index is 0.819. The first-order chi connectivity index (χ1) is 5.90. The summed E-state index contributed by atoms with van der Waals surface area (Å²) in [6, 6.07) is 7.91. The molecule has 0 amide bonds. The van der Waals surface area contributed by atoms with E-state index in [0.29, 0.717) is 0 Å². The van der Waals surface area contributed by atoms with E-state index in [-0.39, 0.29) is 0 Å². The lowest BCUT2D eigenvalue weighted by Gasteiger charge is -2.18. The van der Waals surface area contributed by atoms with E-state index < -0.39 is 0 Å². The van der Waals surface area contributed by atoms with Crippen LogP contribution in [-0.2, 0) is 6.42 Å². The van der Waals surface area contributed by atoms with Crippen LogP contribution in [0.5, 0.6) is 5.75 Å². The van der Waals surface area contributed by atoms with Gasteiger partial charge in [-0.3, -0.25) is 0 Å². The van der Waals surface area contributed by atoms with Gasteiger partial charge in [0, 0.05) is 12.0 Å².